The van der Waals surface area contributed by atoms with Crippen molar-refractivity contribution in [1.82, 2.24) is 26.2 Å². The molecule has 6 N–H and O–H groups in total. The quantitative estimate of drug-likeness (QED) is 0.345. The van der Waals surface area contributed by atoms with Crippen molar-refractivity contribution in [1.29, 1.82) is 0 Å². The number of amides is 5. The van der Waals surface area contributed by atoms with Crippen LogP contribution in [-0.4, -0.2) is 80.1 Å². The van der Waals surface area contributed by atoms with E-state index in [0.29, 0.717) is 38.1 Å². The lowest BCUT2D eigenvalue weighted by atomic mass is 10.1. The zero-order valence-corrected chi connectivity index (χ0v) is 22.1. The van der Waals surface area contributed by atoms with Crippen molar-refractivity contribution in [2.45, 2.75) is 63.6 Å². The molecule has 1 heterocycles. The molecule has 1 aliphatic heterocycles. The van der Waals surface area contributed by atoms with Crippen LogP contribution in [0.4, 0.5) is 9.18 Å². The molecule has 0 radical (unpaired) electrons. The average Bonchev–Trinajstić information content (AvgIpc) is 3.72. The highest BCUT2D eigenvalue weighted by Crippen LogP contribution is 2.33. The summed E-state index contributed by atoms with van der Waals surface area (Å²) < 4.78 is 19.7. The van der Waals surface area contributed by atoms with Gasteiger partial charge in [-0.2, -0.15) is 0 Å². The number of nitrogens with two attached hydrogens (primary N) is 1. The normalized spacial score (nSPS) is 24.2. The van der Waals surface area contributed by atoms with E-state index in [9.17, 15) is 23.6 Å². The van der Waals surface area contributed by atoms with E-state index in [2.05, 4.69) is 21.3 Å². The Morgan fingerprint density at radius 1 is 1.21 bits per heavy atom. The summed E-state index contributed by atoms with van der Waals surface area (Å²) in [6.45, 7) is 2.84. The van der Waals surface area contributed by atoms with Crippen molar-refractivity contribution in [3.8, 4) is 5.75 Å². The van der Waals surface area contributed by atoms with Gasteiger partial charge in [-0.25, -0.2) is 9.18 Å². The molecule has 11 nitrogen and oxygen atoms in total. The number of fused-ring (bicyclic) bond motifs is 1. The minimum Gasteiger partial charge on any atom is -0.492 e. The summed E-state index contributed by atoms with van der Waals surface area (Å²) in [7, 11) is 1.57. The fourth-order valence-corrected chi connectivity index (χ4v) is 4.41. The van der Waals surface area contributed by atoms with Gasteiger partial charge in [0.2, 0.25) is 17.7 Å². The van der Waals surface area contributed by atoms with Gasteiger partial charge in [0.05, 0.1) is 6.04 Å². The molecule has 0 saturated heterocycles. The molecule has 1 fully saturated rings. The molecule has 0 spiro atoms. The van der Waals surface area contributed by atoms with E-state index in [1.165, 1.54) is 17.0 Å². The summed E-state index contributed by atoms with van der Waals surface area (Å²) in [5.74, 6) is -0.822. The first-order chi connectivity index (χ1) is 18.2. The number of hydrogen-bond acceptors (Lipinski definition) is 6. The molecule has 210 valence electrons. The molecule has 3 rings (SSSR count). The van der Waals surface area contributed by atoms with Gasteiger partial charge < -0.3 is 36.6 Å². The predicted molar refractivity (Wildman–Crippen MR) is 139 cm³/mol. The summed E-state index contributed by atoms with van der Waals surface area (Å²) >= 11 is 0. The lowest BCUT2D eigenvalue weighted by molar-refractivity contribution is -0.141. The Labute approximate surface area is 222 Å². The maximum absolute atomic E-state index is 13.9. The Balaban J connectivity index is 1.77. The Morgan fingerprint density at radius 2 is 1.97 bits per heavy atom. The molecule has 0 aromatic heterocycles. The molecule has 1 aromatic rings. The van der Waals surface area contributed by atoms with Crippen LogP contribution in [0.15, 0.2) is 18.2 Å². The fourth-order valence-electron chi connectivity index (χ4n) is 4.41. The number of hydrogen-bond donors (Lipinski definition) is 5. The maximum atomic E-state index is 13.9. The number of urea groups is 1. The molecular weight excluding hydrogens is 495 g/mol. The fraction of sp³-hybridized carbons (Fsp3) is 0.615. The van der Waals surface area contributed by atoms with E-state index in [0.717, 1.165) is 18.4 Å². The Hall–Kier alpha value is -3.41. The summed E-state index contributed by atoms with van der Waals surface area (Å²) in [6, 6.07) is 1.58. The summed E-state index contributed by atoms with van der Waals surface area (Å²) in [6.07, 6.45) is 3.63. The van der Waals surface area contributed by atoms with E-state index in [-0.39, 0.29) is 37.3 Å². The average molecular weight is 535 g/mol. The lowest BCUT2D eigenvalue weighted by Crippen LogP contribution is -2.56. The molecule has 1 aliphatic carbocycles. The van der Waals surface area contributed by atoms with Crippen molar-refractivity contribution in [3.63, 3.8) is 0 Å². The first kappa shape index (κ1) is 29.2. The van der Waals surface area contributed by atoms with E-state index in [4.69, 9.17) is 10.5 Å². The van der Waals surface area contributed by atoms with Crippen LogP contribution in [0.3, 0.4) is 0 Å². The molecule has 0 bridgehead atoms. The van der Waals surface area contributed by atoms with E-state index >= 15 is 0 Å². The third kappa shape index (κ3) is 8.57. The number of nitrogens with one attached hydrogen (secondary N) is 4. The Bertz CT molecular complexity index is 1000. The minimum atomic E-state index is -0.857. The van der Waals surface area contributed by atoms with Crippen LogP contribution in [0.5, 0.6) is 5.75 Å². The molecule has 2 aliphatic rings. The molecule has 1 saturated carbocycles. The predicted octanol–water partition coefficient (Wildman–Crippen LogP) is 0.415. The molecule has 1 aromatic carbocycles. The Morgan fingerprint density at radius 3 is 2.68 bits per heavy atom. The van der Waals surface area contributed by atoms with E-state index < -0.39 is 35.9 Å². The van der Waals surface area contributed by atoms with Gasteiger partial charge in [0, 0.05) is 32.7 Å². The van der Waals surface area contributed by atoms with Crippen LogP contribution in [-0.2, 0) is 20.8 Å². The van der Waals surface area contributed by atoms with Crippen molar-refractivity contribution < 1.29 is 28.3 Å². The first-order valence-electron chi connectivity index (χ1n) is 13.2. The standard InChI is InChI=1S/C26H39FN6O5/c1-16-23(34)32-20(6-4-12-31-26(28)37)24(35)30-11-3-5-17-9-10-19(27)15-21(17)38-14-13-29-22(18-7-8-18)25(36)33(16)2/h9-10,15-16,18,20,22,29H,3-8,11-14H2,1-2H3,(H,30,35)(H,32,34)(H3,28,31,37)/t16-,20-,22+/m1/s1. The molecule has 0 unspecified atom stereocenters. The van der Waals surface area contributed by atoms with E-state index in [1.54, 1.807) is 20.0 Å². The number of likely N-dealkylation sites (N-methyl/N-ethyl adjacent to an activating group) is 1. The second kappa shape index (κ2) is 13.9. The van der Waals surface area contributed by atoms with Crippen LogP contribution in [0.1, 0.15) is 44.6 Å². The van der Waals surface area contributed by atoms with Crippen LogP contribution in [0.25, 0.3) is 0 Å². The number of benzene rings is 1. The van der Waals surface area contributed by atoms with Crippen LogP contribution in [0, 0.1) is 11.7 Å². The molecule has 38 heavy (non-hydrogen) atoms. The highest BCUT2D eigenvalue weighted by atomic mass is 19.1. The van der Waals surface area contributed by atoms with Gasteiger partial charge in [0.25, 0.3) is 0 Å². The van der Waals surface area contributed by atoms with Gasteiger partial charge in [-0.3, -0.25) is 14.4 Å². The van der Waals surface area contributed by atoms with E-state index in [1.807, 2.05) is 0 Å². The number of primary amides is 1. The highest BCUT2D eigenvalue weighted by molar-refractivity contribution is 5.93. The maximum Gasteiger partial charge on any atom is 0.312 e. The second-order valence-electron chi connectivity index (χ2n) is 9.88. The number of ether oxygens (including phenoxy) is 1. The van der Waals surface area contributed by atoms with Gasteiger partial charge >= 0.3 is 6.03 Å². The first-order valence-corrected chi connectivity index (χ1v) is 13.2. The van der Waals surface area contributed by atoms with Crippen molar-refractivity contribution in [3.05, 3.63) is 29.6 Å². The molecule has 12 heteroatoms. The molecular formula is C26H39FN6O5. The SMILES string of the molecule is C[C@@H]1C(=O)N[C@H](CCCNC(N)=O)C(=O)NCCCc2ccc(F)cc2OCCN[C@@H](C2CC2)C(=O)N1C. The van der Waals surface area contributed by atoms with Gasteiger partial charge in [-0.15, -0.1) is 0 Å². The summed E-state index contributed by atoms with van der Waals surface area (Å²) in [5.41, 5.74) is 5.92. The van der Waals surface area contributed by atoms with Gasteiger partial charge in [-0.05, 0) is 63.0 Å². The molecule has 5 amide bonds. The van der Waals surface area contributed by atoms with Crippen LogP contribution in [0.2, 0.25) is 0 Å². The Kier molecular flexibility index (Phi) is 10.7. The monoisotopic (exact) mass is 534 g/mol. The number of nitrogens with zero attached hydrogens (tertiary/aromatic N) is 1. The third-order valence-electron chi connectivity index (χ3n) is 6.94. The number of carbonyl (C=O) groups is 4. The molecule has 3 atom stereocenters. The minimum absolute atomic E-state index is 0.173. The second-order valence-corrected chi connectivity index (χ2v) is 9.88. The lowest BCUT2D eigenvalue weighted by Gasteiger charge is -2.30. The highest BCUT2D eigenvalue weighted by Gasteiger charge is 2.39. The zero-order valence-electron chi connectivity index (χ0n) is 22.1. The van der Waals surface area contributed by atoms with Crippen LogP contribution < -0.4 is 31.7 Å². The van der Waals surface area contributed by atoms with Gasteiger partial charge in [0.1, 0.15) is 30.3 Å². The van der Waals surface area contributed by atoms with Gasteiger partial charge in [0.15, 0.2) is 0 Å². The zero-order chi connectivity index (χ0) is 27.7. The van der Waals surface area contributed by atoms with Crippen molar-refractivity contribution in [2.24, 2.45) is 11.7 Å². The topological polar surface area (TPSA) is 155 Å². The number of carbonyl (C=O) groups excluding carboxylic acids is 4. The van der Waals surface area contributed by atoms with Gasteiger partial charge in [-0.1, -0.05) is 6.07 Å². The summed E-state index contributed by atoms with van der Waals surface area (Å²) in [5, 5.41) is 11.3. The van der Waals surface area contributed by atoms with Crippen molar-refractivity contribution in [2.75, 3.05) is 33.3 Å². The smallest absolute Gasteiger partial charge is 0.312 e. The summed E-state index contributed by atoms with van der Waals surface area (Å²) in [4.78, 5) is 51.7. The largest absolute Gasteiger partial charge is 0.492 e. The third-order valence-corrected chi connectivity index (χ3v) is 6.94. The number of rotatable bonds is 5. The van der Waals surface area contributed by atoms with Crippen molar-refractivity contribution >= 4 is 23.8 Å². The number of halogens is 1. The number of aryl methyl sites for hydroxylation is 1. The van der Waals surface area contributed by atoms with Crippen LogP contribution >= 0.6 is 0 Å².